The van der Waals surface area contributed by atoms with Crippen molar-refractivity contribution < 1.29 is 9.53 Å². The van der Waals surface area contributed by atoms with E-state index >= 15 is 0 Å². The third-order valence-corrected chi connectivity index (χ3v) is 2.93. The fraction of sp³-hybridized carbons (Fsp3) is 0.312. The van der Waals surface area contributed by atoms with Crippen molar-refractivity contribution >= 4 is 17.5 Å². The maximum Gasteiger partial charge on any atom is 0.258 e. The highest BCUT2D eigenvalue weighted by Gasteiger charge is 2.08. The lowest BCUT2D eigenvalue weighted by atomic mass is 10.2. The van der Waals surface area contributed by atoms with Gasteiger partial charge in [0.05, 0.1) is 12.7 Å². The summed E-state index contributed by atoms with van der Waals surface area (Å²) in [6, 6.07) is 7.11. The van der Waals surface area contributed by atoms with Gasteiger partial charge in [-0.05, 0) is 30.2 Å². The summed E-state index contributed by atoms with van der Waals surface area (Å²) in [5.41, 5.74) is 1.10. The summed E-state index contributed by atoms with van der Waals surface area (Å²) in [4.78, 5) is 20.4. The third-order valence-electron chi connectivity index (χ3n) is 2.93. The van der Waals surface area contributed by atoms with Crippen molar-refractivity contribution in [3.05, 3.63) is 42.2 Å². The molecule has 2 aromatic rings. The Labute approximate surface area is 129 Å². The number of aromatic nitrogens is 2. The molecule has 0 unspecified atom stereocenters. The minimum Gasteiger partial charge on any atom is -0.497 e. The van der Waals surface area contributed by atoms with E-state index in [0.29, 0.717) is 23.1 Å². The Balaban J connectivity index is 1.96. The molecule has 0 bridgehead atoms. The molecule has 22 heavy (non-hydrogen) atoms. The van der Waals surface area contributed by atoms with Crippen LogP contribution in [0.15, 0.2) is 36.7 Å². The predicted octanol–water partition coefficient (Wildman–Crippen LogP) is 2.81. The SMILES string of the molecule is COc1ccc(NC(=O)c2cnc(NCC(C)C)nc2)cc1. The monoisotopic (exact) mass is 300 g/mol. The van der Waals surface area contributed by atoms with E-state index in [2.05, 4.69) is 34.4 Å². The third kappa shape index (κ3) is 4.44. The molecule has 1 amide bonds. The molecule has 0 spiro atoms. The number of nitrogens with one attached hydrogen (secondary N) is 2. The lowest BCUT2D eigenvalue weighted by Crippen LogP contribution is -2.14. The highest BCUT2D eigenvalue weighted by atomic mass is 16.5. The molecule has 2 N–H and O–H groups in total. The molecule has 0 aliphatic carbocycles. The second-order valence-electron chi connectivity index (χ2n) is 5.25. The first-order valence-corrected chi connectivity index (χ1v) is 7.10. The number of hydrogen-bond acceptors (Lipinski definition) is 5. The Hall–Kier alpha value is -2.63. The van der Waals surface area contributed by atoms with Crippen LogP contribution in [0.25, 0.3) is 0 Å². The van der Waals surface area contributed by atoms with Crippen LogP contribution in [0.4, 0.5) is 11.6 Å². The zero-order chi connectivity index (χ0) is 15.9. The zero-order valence-corrected chi connectivity index (χ0v) is 13.0. The van der Waals surface area contributed by atoms with Gasteiger partial charge in [-0.1, -0.05) is 13.8 Å². The van der Waals surface area contributed by atoms with Crippen molar-refractivity contribution in [1.82, 2.24) is 9.97 Å². The van der Waals surface area contributed by atoms with Gasteiger partial charge in [-0.2, -0.15) is 0 Å². The van der Waals surface area contributed by atoms with Crippen LogP contribution < -0.4 is 15.4 Å². The summed E-state index contributed by atoms with van der Waals surface area (Å²) >= 11 is 0. The first-order chi connectivity index (χ1) is 10.6. The summed E-state index contributed by atoms with van der Waals surface area (Å²) in [6.07, 6.45) is 3.02. The number of benzene rings is 1. The molecule has 0 radical (unpaired) electrons. The Morgan fingerprint density at radius 3 is 2.36 bits per heavy atom. The number of hydrogen-bond donors (Lipinski definition) is 2. The topological polar surface area (TPSA) is 76.1 Å². The van der Waals surface area contributed by atoms with Gasteiger partial charge in [-0.3, -0.25) is 4.79 Å². The lowest BCUT2D eigenvalue weighted by molar-refractivity contribution is 0.102. The van der Waals surface area contributed by atoms with Crippen molar-refractivity contribution in [3.8, 4) is 5.75 Å². The van der Waals surface area contributed by atoms with Crippen LogP contribution in [0, 0.1) is 5.92 Å². The number of ether oxygens (including phenoxy) is 1. The first-order valence-electron chi connectivity index (χ1n) is 7.10. The molecule has 0 saturated carbocycles. The minimum absolute atomic E-state index is 0.249. The molecule has 6 nitrogen and oxygen atoms in total. The van der Waals surface area contributed by atoms with Gasteiger partial charge >= 0.3 is 0 Å². The lowest BCUT2D eigenvalue weighted by Gasteiger charge is -2.08. The molecule has 6 heteroatoms. The van der Waals surface area contributed by atoms with Crippen LogP contribution in [0.1, 0.15) is 24.2 Å². The normalized spacial score (nSPS) is 10.4. The number of methoxy groups -OCH3 is 1. The molecule has 1 aromatic carbocycles. The number of nitrogens with zero attached hydrogens (tertiary/aromatic N) is 2. The molecule has 0 aliphatic rings. The van der Waals surface area contributed by atoms with Gasteiger partial charge in [0, 0.05) is 24.6 Å². The Morgan fingerprint density at radius 2 is 1.82 bits per heavy atom. The Kier molecular flexibility index (Phi) is 5.30. The molecule has 0 atom stereocenters. The van der Waals surface area contributed by atoms with E-state index in [1.165, 1.54) is 12.4 Å². The van der Waals surface area contributed by atoms with E-state index in [9.17, 15) is 4.79 Å². The molecular formula is C16H20N4O2. The molecule has 0 saturated heterocycles. The van der Waals surface area contributed by atoms with Crippen LogP contribution >= 0.6 is 0 Å². The van der Waals surface area contributed by atoms with E-state index in [1.54, 1.807) is 31.4 Å². The summed E-state index contributed by atoms with van der Waals surface area (Å²) < 4.78 is 5.07. The van der Waals surface area contributed by atoms with Crippen LogP contribution in [-0.4, -0.2) is 29.5 Å². The predicted molar refractivity (Wildman–Crippen MR) is 86.3 cm³/mol. The second kappa shape index (κ2) is 7.40. The maximum absolute atomic E-state index is 12.1. The first kappa shape index (κ1) is 15.8. The van der Waals surface area contributed by atoms with E-state index in [4.69, 9.17) is 4.74 Å². The van der Waals surface area contributed by atoms with E-state index in [-0.39, 0.29) is 5.91 Å². The number of anilines is 2. The van der Waals surface area contributed by atoms with Crippen molar-refractivity contribution in [3.63, 3.8) is 0 Å². The van der Waals surface area contributed by atoms with E-state index in [1.807, 2.05) is 0 Å². The van der Waals surface area contributed by atoms with E-state index in [0.717, 1.165) is 12.3 Å². The highest BCUT2D eigenvalue weighted by molar-refractivity contribution is 6.03. The zero-order valence-electron chi connectivity index (χ0n) is 13.0. The van der Waals surface area contributed by atoms with Crippen molar-refractivity contribution in [2.75, 3.05) is 24.3 Å². The fourth-order valence-electron chi connectivity index (χ4n) is 1.71. The standard InChI is InChI=1S/C16H20N4O2/c1-11(2)8-17-16-18-9-12(10-19-16)15(21)20-13-4-6-14(22-3)7-5-13/h4-7,9-11H,8H2,1-3H3,(H,20,21)(H,17,18,19). The van der Waals surface area contributed by atoms with Gasteiger partial charge in [0.2, 0.25) is 5.95 Å². The highest BCUT2D eigenvalue weighted by Crippen LogP contribution is 2.15. The molecule has 1 aromatic heterocycles. The molecule has 0 aliphatic heterocycles. The fourth-order valence-corrected chi connectivity index (χ4v) is 1.71. The molecular weight excluding hydrogens is 280 g/mol. The summed E-state index contributed by atoms with van der Waals surface area (Å²) in [6.45, 7) is 4.99. The Morgan fingerprint density at radius 1 is 1.18 bits per heavy atom. The van der Waals surface area contributed by atoms with Gasteiger partial charge in [-0.25, -0.2) is 9.97 Å². The molecule has 0 fully saturated rings. The number of rotatable bonds is 6. The van der Waals surface area contributed by atoms with Gasteiger partial charge in [-0.15, -0.1) is 0 Å². The maximum atomic E-state index is 12.1. The van der Waals surface area contributed by atoms with Crippen LogP contribution in [0.2, 0.25) is 0 Å². The largest absolute Gasteiger partial charge is 0.497 e. The molecule has 1 heterocycles. The average molecular weight is 300 g/mol. The Bertz CT molecular complexity index is 609. The van der Waals surface area contributed by atoms with Crippen LogP contribution in [-0.2, 0) is 0 Å². The van der Waals surface area contributed by atoms with Crippen molar-refractivity contribution in [2.24, 2.45) is 5.92 Å². The van der Waals surface area contributed by atoms with Gasteiger partial charge < -0.3 is 15.4 Å². The van der Waals surface area contributed by atoms with Gasteiger partial charge in [0.15, 0.2) is 0 Å². The molecule has 116 valence electrons. The summed E-state index contributed by atoms with van der Waals surface area (Å²) in [5.74, 6) is 1.51. The quantitative estimate of drug-likeness (QED) is 0.858. The minimum atomic E-state index is -0.249. The van der Waals surface area contributed by atoms with E-state index < -0.39 is 0 Å². The molecule has 2 rings (SSSR count). The van der Waals surface area contributed by atoms with Crippen LogP contribution in [0.5, 0.6) is 5.75 Å². The number of amides is 1. The smallest absolute Gasteiger partial charge is 0.258 e. The summed E-state index contributed by atoms with van der Waals surface area (Å²) in [5, 5.41) is 5.89. The van der Waals surface area contributed by atoms with Gasteiger partial charge in [0.25, 0.3) is 5.91 Å². The van der Waals surface area contributed by atoms with Crippen molar-refractivity contribution in [2.45, 2.75) is 13.8 Å². The summed E-state index contributed by atoms with van der Waals surface area (Å²) in [7, 11) is 1.60. The van der Waals surface area contributed by atoms with Crippen LogP contribution in [0.3, 0.4) is 0 Å². The number of carbonyl (C=O) groups is 1. The second-order valence-corrected chi connectivity index (χ2v) is 5.25. The van der Waals surface area contributed by atoms with Gasteiger partial charge in [0.1, 0.15) is 5.75 Å². The average Bonchev–Trinajstić information content (AvgIpc) is 2.54. The number of carbonyl (C=O) groups excluding carboxylic acids is 1. The van der Waals surface area contributed by atoms with Crippen molar-refractivity contribution in [1.29, 1.82) is 0 Å².